The highest BCUT2D eigenvalue weighted by molar-refractivity contribution is 6.43. The highest BCUT2D eigenvalue weighted by atomic mass is 35.5. The predicted octanol–water partition coefficient (Wildman–Crippen LogP) is 3.26. The van der Waals surface area contributed by atoms with E-state index in [1.807, 2.05) is 11.8 Å². The molecule has 0 bridgehead atoms. The normalized spacial score (nSPS) is 16.3. The molecule has 7 nitrogen and oxygen atoms in total. The zero-order chi connectivity index (χ0) is 19.8. The molecule has 0 atom stereocenters. The van der Waals surface area contributed by atoms with Crippen LogP contribution in [0.5, 0.6) is 5.88 Å². The molecule has 0 aliphatic carbocycles. The van der Waals surface area contributed by atoms with Gasteiger partial charge in [0.2, 0.25) is 5.88 Å². The first-order valence-electron chi connectivity index (χ1n) is 8.41. The second-order valence-electron chi connectivity index (χ2n) is 6.80. The smallest absolute Gasteiger partial charge is 0.360 e. The molecule has 2 heterocycles. The summed E-state index contributed by atoms with van der Waals surface area (Å²) in [5.41, 5.74) is 6.34. The summed E-state index contributed by atoms with van der Waals surface area (Å²) in [7, 11) is 1.26. The lowest BCUT2D eigenvalue weighted by Crippen LogP contribution is -2.48. The summed E-state index contributed by atoms with van der Waals surface area (Å²) in [5.74, 6) is -0.738. The van der Waals surface area contributed by atoms with Crippen LogP contribution in [0.25, 0.3) is 11.3 Å². The Hall–Kier alpha value is -2.09. The molecule has 1 aromatic heterocycles. The lowest BCUT2D eigenvalue weighted by Gasteiger charge is -2.37. The van der Waals surface area contributed by atoms with Crippen LogP contribution in [-0.4, -0.2) is 46.8 Å². The molecule has 9 heteroatoms. The van der Waals surface area contributed by atoms with Crippen molar-refractivity contribution in [3.63, 3.8) is 0 Å². The number of carbonyl (C=O) groups excluding carboxylic acids is 1. The zero-order valence-corrected chi connectivity index (χ0v) is 16.5. The van der Waals surface area contributed by atoms with Crippen molar-refractivity contribution < 1.29 is 14.6 Å². The van der Waals surface area contributed by atoms with Gasteiger partial charge >= 0.3 is 5.97 Å². The molecule has 0 radical (unpaired) electrons. The van der Waals surface area contributed by atoms with E-state index >= 15 is 0 Å². The molecule has 1 fully saturated rings. The largest absolute Gasteiger partial charge is 0.492 e. The number of aromatic nitrogens is 2. The van der Waals surface area contributed by atoms with Crippen molar-refractivity contribution in [1.82, 2.24) is 9.97 Å². The SMILES string of the molecule is COC(=O)c1nc(-c2cccc(Cl)c2Cl)c(O)nc1N1CCC(C)(N)CC1. The van der Waals surface area contributed by atoms with E-state index in [0.29, 0.717) is 23.7 Å². The second kappa shape index (κ2) is 7.50. The van der Waals surface area contributed by atoms with Crippen LogP contribution >= 0.6 is 23.2 Å². The number of piperidine rings is 1. The minimum absolute atomic E-state index is 0.00182. The Kier molecular flexibility index (Phi) is 5.46. The predicted molar refractivity (Wildman–Crippen MR) is 105 cm³/mol. The minimum Gasteiger partial charge on any atom is -0.492 e. The molecule has 3 N–H and O–H groups in total. The van der Waals surface area contributed by atoms with Crippen LogP contribution in [0.15, 0.2) is 18.2 Å². The number of benzene rings is 1. The number of nitrogens with zero attached hydrogens (tertiary/aromatic N) is 3. The van der Waals surface area contributed by atoms with Gasteiger partial charge < -0.3 is 20.5 Å². The van der Waals surface area contributed by atoms with Gasteiger partial charge in [-0.1, -0.05) is 35.3 Å². The van der Waals surface area contributed by atoms with E-state index in [0.717, 1.165) is 12.8 Å². The number of rotatable bonds is 3. The van der Waals surface area contributed by atoms with Crippen molar-refractivity contribution in [2.45, 2.75) is 25.3 Å². The molecule has 1 saturated heterocycles. The molecule has 2 aromatic rings. The Morgan fingerprint density at radius 3 is 2.59 bits per heavy atom. The quantitative estimate of drug-likeness (QED) is 0.748. The Morgan fingerprint density at radius 2 is 1.96 bits per heavy atom. The van der Waals surface area contributed by atoms with Crippen LogP contribution in [0, 0.1) is 0 Å². The average Bonchev–Trinajstić information content (AvgIpc) is 2.63. The molecule has 0 amide bonds. The monoisotopic (exact) mass is 410 g/mol. The standard InChI is InChI=1S/C18H20Cl2N4O3/c1-18(21)6-8-24(9-7-18)15-14(17(26)27-2)22-13(16(25)23-15)10-4-3-5-11(19)12(10)20/h3-5H,6-9,21H2,1-2H3,(H,23,25). The number of halogens is 2. The van der Waals surface area contributed by atoms with Crippen LogP contribution in [0.2, 0.25) is 10.0 Å². The van der Waals surface area contributed by atoms with Gasteiger partial charge in [-0.3, -0.25) is 0 Å². The molecular weight excluding hydrogens is 391 g/mol. The fraction of sp³-hybridized carbons (Fsp3) is 0.389. The van der Waals surface area contributed by atoms with Crippen LogP contribution in [-0.2, 0) is 4.74 Å². The summed E-state index contributed by atoms with van der Waals surface area (Å²) in [6, 6.07) is 4.92. The Morgan fingerprint density at radius 1 is 1.30 bits per heavy atom. The van der Waals surface area contributed by atoms with Gasteiger partial charge in [0.05, 0.1) is 17.2 Å². The maximum atomic E-state index is 12.3. The average molecular weight is 411 g/mol. The van der Waals surface area contributed by atoms with Crippen molar-refractivity contribution >= 4 is 35.0 Å². The molecule has 0 unspecified atom stereocenters. The third-order valence-electron chi connectivity index (χ3n) is 4.65. The van der Waals surface area contributed by atoms with Crippen molar-refractivity contribution in [3.8, 4) is 17.1 Å². The van der Waals surface area contributed by atoms with Gasteiger partial charge in [-0.05, 0) is 25.8 Å². The Bertz CT molecular complexity index is 879. The highest BCUT2D eigenvalue weighted by Crippen LogP contribution is 2.38. The number of ether oxygens (including phenoxy) is 1. The Balaban J connectivity index is 2.10. The first kappa shape index (κ1) is 19.7. The molecule has 27 heavy (non-hydrogen) atoms. The van der Waals surface area contributed by atoms with E-state index in [1.54, 1.807) is 18.2 Å². The minimum atomic E-state index is -0.655. The molecule has 144 valence electrons. The van der Waals surface area contributed by atoms with Gasteiger partial charge in [-0.15, -0.1) is 0 Å². The van der Waals surface area contributed by atoms with Crippen molar-refractivity contribution in [1.29, 1.82) is 0 Å². The van der Waals surface area contributed by atoms with E-state index in [-0.39, 0.29) is 33.6 Å². The zero-order valence-electron chi connectivity index (χ0n) is 15.0. The number of hydrogen-bond donors (Lipinski definition) is 2. The summed E-state index contributed by atoms with van der Waals surface area (Å²) in [5, 5.41) is 11.0. The highest BCUT2D eigenvalue weighted by Gasteiger charge is 2.31. The van der Waals surface area contributed by atoms with Crippen molar-refractivity contribution in [3.05, 3.63) is 33.9 Å². The summed E-state index contributed by atoms with van der Waals surface area (Å²) >= 11 is 12.3. The fourth-order valence-electron chi connectivity index (χ4n) is 2.97. The number of anilines is 1. The van der Waals surface area contributed by atoms with E-state index in [2.05, 4.69) is 9.97 Å². The number of hydrogen-bond acceptors (Lipinski definition) is 7. The molecule has 3 rings (SSSR count). The third kappa shape index (κ3) is 3.95. The maximum absolute atomic E-state index is 12.3. The second-order valence-corrected chi connectivity index (χ2v) is 7.59. The third-order valence-corrected chi connectivity index (χ3v) is 5.47. The Labute approximate surface area is 167 Å². The van der Waals surface area contributed by atoms with E-state index < -0.39 is 5.97 Å². The molecular formula is C18H20Cl2N4O3. The van der Waals surface area contributed by atoms with E-state index in [4.69, 9.17) is 33.7 Å². The first-order chi connectivity index (χ1) is 12.7. The summed E-state index contributed by atoms with van der Waals surface area (Å²) < 4.78 is 4.86. The van der Waals surface area contributed by atoms with Gasteiger partial charge in [0.25, 0.3) is 0 Å². The number of nitrogens with two attached hydrogens (primary N) is 1. The van der Waals surface area contributed by atoms with Gasteiger partial charge in [-0.2, -0.15) is 4.98 Å². The number of methoxy groups -OCH3 is 1. The van der Waals surface area contributed by atoms with Crippen molar-refractivity contribution in [2.24, 2.45) is 5.73 Å². The van der Waals surface area contributed by atoms with Crippen LogP contribution in [0.3, 0.4) is 0 Å². The molecule has 0 saturated carbocycles. The van der Waals surface area contributed by atoms with Crippen LogP contribution in [0.4, 0.5) is 5.82 Å². The van der Waals surface area contributed by atoms with Gasteiger partial charge in [0.15, 0.2) is 11.5 Å². The number of esters is 1. The molecule has 1 aromatic carbocycles. The fourth-order valence-corrected chi connectivity index (χ4v) is 3.36. The lowest BCUT2D eigenvalue weighted by atomic mass is 9.91. The lowest BCUT2D eigenvalue weighted by molar-refractivity contribution is 0.0594. The van der Waals surface area contributed by atoms with Crippen molar-refractivity contribution in [2.75, 3.05) is 25.1 Å². The van der Waals surface area contributed by atoms with E-state index in [9.17, 15) is 9.90 Å². The number of carbonyl (C=O) groups is 1. The van der Waals surface area contributed by atoms with Gasteiger partial charge in [-0.25, -0.2) is 9.78 Å². The summed E-state index contributed by atoms with van der Waals surface area (Å²) in [6.07, 6.45) is 1.44. The van der Waals surface area contributed by atoms with Crippen LogP contribution < -0.4 is 10.6 Å². The molecule has 1 aliphatic heterocycles. The summed E-state index contributed by atoms with van der Waals surface area (Å²) in [4.78, 5) is 22.8. The molecule has 1 aliphatic rings. The maximum Gasteiger partial charge on any atom is 0.360 e. The van der Waals surface area contributed by atoms with Crippen LogP contribution in [0.1, 0.15) is 30.3 Å². The topological polar surface area (TPSA) is 102 Å². The van der Waals surface area contributed by atoms with E-state index in [1.165, 1.54) is 7.11 Å². The van der Waals surface area contributed by atoms with Gasteiger partial charge in [0, 0.05) is 24.2 Å². The van der Waals surface area contributed by atoms with Gasteiger partial charge in [0.1, 0.15) is 5.69 Å². The molecule has 0 spiro atoms. The number of aromatic hydroxyl groups is 1. The summed E-state index contributed by atoms with van der Waals surface area (Å²) in [6.45, 7) is 3.16. The first-order valence-corrected chi connectivity index (χ1v) is 9.16.